The van der Waals surface area contributed by atoms with E-state index < -0.39 is 16.6 Å². The van der Waals surface area contributed by atoms with Gasteiger partial charge in [-0.25, -0.2) is 4.21 Å². The molecule has 0 amide bonds. The molecule has 2 aromatic carbocycles. The van der Waals surface area contributed by atoms with Crippen LogP contribution in [-0.2, 0) is 20.4 Å². The van der Waals surface area contributed by atoms with Gasteiger partial charge >= 0.3 is 0 Å². The van der Waals surface area contributed by atoms with Crippen molar-refractivity contribution in [3.8, 4) is 5.75 Å². The smallest absolute Gasteiger partial charge is 0.195 e. The van der Waals surface area contributed by atoms with Crippen LogP contribution in [0.25, 0.3) is 10.8 Å². The fourth-order valence-electron chi connectivity index (χ4n) is 2.32. The molecule has 0 aliphatic heterocycles. The number of hydrogen-bond acceptors (Lipinski definition) is 4. The van der Waals surface area contributed by atoms with Crippen LogP contribution in [0.1, 0.15) is 0 Å². The normalized spacial score (nSPS) is 15.8. The first-order valence-corrected chi connectivity index (χ1v) is 7.72. The van der Waals surface area contributed by atoms with Crippen LogP contribution in [0.5, 0.6) is 5.75 Å². The molecule has 0 heterocycles. The molecule has 1 atom stereocenters. The van der Waals surface area contributed by atoms with Gasteiger partial charge in [-0.1, -0.05) is 30.3 Å². The Labute approximate surface area is 129 Å². The number of methoxy groups -OCH3 is 1. The van der Waals surface area contributed by atoms with Crippen LogP contribution >= 0.6 is 0 Å². The summed E-state index contributed by atoms with van der Waals surface area (Å²) < 4.78 is 18.2. The fourth-order valence-corrected chi connectivity index (χ4v) is 3.73. The molecule has 0 aromatic heterocycles. The van der Waals surface area contributed by atoms with Crippen LogP contribution in [0.15, 0.2) is 64.4 Å². The molecule has 0 fully saturated rings. The monoisotopic (exact) mass is 312 g/mol. The third kappa shape index (κ3) is 2.40. The lowest BCUT2D eigenvalue weighted by atomic mass is 10.1. The van der Waals surface area contributed by atoms with Crippen LogP contribution in [0.4, 0.5) is 0 Å². The van der Waals surface area contributed by atoms with E-state index in [2.05, 4.69) is 0 Å². The van der Waals surface area contributed by atoms with Gasteiger partial charge in [0.25, 0.3) is 0 Å². The van der Waals surface area contributed by atoms with Crippen molar-refractivity contribution in [2.45, 2.75) is 4.90 Å². The molecule has 5 heteroatoms. The minimum Gasteiger partial charge on any atom is -0.495 e. The standard InChI is InChI=1S/C17H12O4S/c1-21-15-9-6-11-4-2-3-5-13(11)17(15)22(20)16-10-12(18)7-8-14(16)19/h2-10H,1H3. The topological polar surface area (TPSA) is 60.4 Å². The largest absolute Gasteiger partial charge is 0.495 e. The number of hydrogen-bond donors (Lipinski definition) is 0. The highest BCUT2D eigenvalue weighted by atomic mass is 32.2. The summed E-state index contributed by atoms with van der Waals surface area (Å²) in [4.78, 5) is 23.8. The number of carbonyl (C=O) groups excluding carboxylic acids is 2. The van der Waals surface area contributed by atoms with E-state index in [0.29, 0.717) is 10.6 Å². The quantitative estimate of drug-likeness (QED) is 0.817. The molecule has 0 saturated carbocycles. The lowest BCUT2D eigenvalue weighted by Crippen LogP contribution is -2.13. The van der Waals surface area contributed by atoms with Crippen molar-refractivity contribution in [1.29, 1.82) is 0 Å². The molecule has 110 valence electrons. The Hall–Kier alpha value is -2.53. The van der Waals surface area contributed by atoms with Crippen LogP contribution in [0, 0.1) is 0 Å². The number of benzene rings is 2. The lowest BCUT2D eigenvalue weighted by Gasteiger charge is -2.13. The van der Waals surface area contributed by atoms with Gasteiger partial charge < -0.3 is 4.74 Å². The predicted molar refractivity (Wildman–Crippen MR) is 84.1 cm³/mol. The molecule has 1 aliphatic carbocycles. The van der Waals surface area contributed by atoms with Gasteiger partial charge in [0.15, 0.2) is 11.6 Å². The summed E-state index contributed by atoms with van der Waals surface area (Å²) in [6.45, 7) is 0. The zero-order chi connectivity index (χ0) is 15.7. The average molecular weight is 312 g/mol. The SMILES string of the molecule is COc1ccc2ccccc2c1S(=O)C1=CC(=O)C=CC1=O. The van der Waals surface area contributed by atoms with E-state index in [1.165, 1.54) is 13.2 Å². The maximum absolute atomic E-state index is 12.9. The second-order valence-corrected chi connectivity index (χ2v) is 6.08. The highest BCUT2D eigenvalue weighted by Crippen LogP contribution is 2.34. The molecular formula is C17H12O4S. The van der Waals surface area contributed by atoms with E-state index in [-0.39, 0.29) is 10.7 Å². The van der Waals surface area contributed by atoms with Gasteiger partial charge in [-0.05, 0) is 23.6 Å². The molecule has 22 heavy (non-hydrogen) atoms. The van der Waals surface area contributed by atoms with Crippen LogP contribution in [-0.4, -0.2) is 22.9 Å². The Morgan fingerprint density at radius 1 is 1.00 bits per heavy atom. The first-order valence-electron chi connectivity index (χ1n) is 6.57. The van der Waals surface area contributed by atoms with Gasteiger partial charge in [0.05, 0.1) is 27.7 Å². The molecule has 0 radical (unpaired) electrons. The van der Waals surface area contributed by atoms with E-state index in [1.54, 1.807) is 6.07 Å². The van der Waals surface area contributed by atoms with Gasteiger partial charge in [-0.15, -0.1) is 0 Å². The Bertz CT molecular complexity index is 877. The van der Waals surface area contributed by atoms with Crippen LogP contribution in [0.3, 0.4) is 0 Å². The zero-order valence-electron chi connectivity index (χ0n) is 11.7. The molecule has 3 rings (SSSR count). The van der Waals surface area contributed by atoms with E-state index >= 15 is 0 Å². The van der Waals surface area contributed by atoms with Gasteiger partial charge in [0.2, 0.25) is 0 Å². The average Bonchev–Trinajstić information content (AvgIpc) is 2.55. The summed E-state index contributed by atoms with van der Waals surface area (Å²) >= 11 is 0. The maximum Gasteiger partial charge on any atom is 0.195 e. The van der Waals surface area contributed by atoms with Crippen molar-refractivity contribution in [1.82, 2.24) is 0 Å². The second-order valence-electron chi connectivity index (χ2n) is 4.70. The van der Waals surface area contributed by atoms with Crippen molar-refractivity contribution < 1.29 is 18.5 Å². The molecule has 0 saturated heterocycles. The predicted octanol–water partition coefficient (Wildman–Crippen LogP) is 2.55. The van der Waals surface area contributed by atoms with E-state index in [0.717, 1.165) is 22.9 Å². The van der Waals surface area contributed by atoms with Crippen molar-refractivity contribution >= 4 is 33.1 Å². The lowest BCUT2D eigenvalue weighted by molar-refractivity contribution is -0.114. The second kappa shape index (κ2) is 5.69. The molecule has 0 bridgehead atoms. The Morgan fingerprint density at radius 2 is 1.77 bits per heavy atom. The van der Waals surface area contributed by atoms with Gasteiger partial charge in [-0.3, -0.25) is 9.59 Å². The molecule has 0 spiro atoms. The minimum atomic E-state index is -1.79. The number of ketones is 2. The summed E-state index contributed by atoms with van der Waals surface area (Å²) in [5, 5.41) is 1.62. The van der Waals surface area contributed by atoms with Crippen LogP contribution < -0.4 is 4.74 Å². The summed E-state index contributed by atoms with van der Waals surface area (Å²) in [7, 11) is -0.313. The zero-order valence-corrected chi connectivity index (χ0v) is 12.6. The number of allylic oxidation sites excluding steroid dienone is 4. The van der Waals surface area contributed by atoms with Gasteiger partial charge in [0, 0.05) is 11.5 Å². The molecule has 1 unspecified atom stereocenters. The van der Waals surface area contributed by atoms with Gasteiger partial charge in [-0.2, -0.15) is 0 Å². The third-order valence-corrected chi connectivity index (χ3v) is 4.87. The molecule has 0 N–H and O–H groups in total. The third-order valence-electron chi connectivity index (χ3n) is 3.36. The molecular weight excluding hydrogens is 300 g/mol. The fraction of sp³-hybridized carbons (Fsp3) is 0.0588. The summed E-state index contributed by atoms with van der Waals surface area (Å²) in [6.07, 6.45) is 3.44. The first kappa shape index (κ1) is 14.4. The molecule has 1 aliphatic rings. The van der Waals surface area contributed by atoms with Crippen molar-refractivity contribution in [3.63, 3.8) is 0 Å². The van der Waals surface area contributed by atoms with E-state index in [1.807, 2.05) is 30.3 Å². The van der Waals surface area contributed by atoms with Crippen molar-refractivity contribution in [3.05, 3.63) is 59.5 Å². The molecule has 4 nitrogen and oxygen atoms in total. The Kier molecular flexibility index (Phi) is 3.73. The number of fused-ring (bicyclic) bond motifs is 1. The first-order chi connectivity index (χ1) is 10.6. The number of carbonyl (C=O) groups is 2. The summed E-state index contributed by atoms with van der Waals surface area (Å²) in [5.41, 5.74) is 0. The van der Waals surface area contributed by atoms with Crippen molar-refractivity contribution in [2.24, 2.45) is 0 Å². The minimum absolute atomic E-state index is 0.0258. The summed E-state index contributed by atoms with van der Waals surface area (Å²) in [6, 6.07) is 11.0. The highest BCUT2D eigenvalue weighted by Gasteiger charge is 2.24. The van der Waals surface area contributed by atoms with E-state index in [4.69, 9.17) is 4.74 Å². The Morgan fingerprint density at radius 3 is 2.55 bits per heavy atom. The number of rotatable bonds is 3. The maximum atomic E-state index is 12.9. The number of ether oxygens (including phenoxy) is 1. The Balaban J connectivity index is 2.23. The van der Waals surface area contributed by atoms with Crippen LogP contribution in [0.2, 0.25) is 0 Å². The summed E-state index contributed by atoms with van der Waals surface area (Å²) in [5.74, 6) is -0.345. The molecule has 2 aromatic rings. The van der Waals surface area contributed by atoms with E-state index in [9.17, 15) is 13.8 Å². The van der Waals surface area contributed by atoms with Gasteiger partial charge in [0.1, 0.15) is 5.75 Å². The highest BCUT2D eigenvalue weighted by molar-refractivity contribution is 7.90. The van der Waals surface area contributed by atoms with Crippen molar-refractivity contribution in [2.75, 3.05) is 7.11 Å².